The zero-order valence-electron chi connectivity index (χ0n) is 15.1. The monoisotopic (exact) mass is 383 g/mol. The Labute approximate surface area is 158 Å². The maximum Gasteiger partial charge on any atom is 0.240 e. The molecule has 0 bridgehead atoms. The molecule has 1 aliphatic rings. The lowest BCUT2D eigenvalue weighted by Gasteiger charge is -2.43. The standard InChI is InChI=1S/C20H21N3O3S/c1-27(25,26)19-21-16-10-5-6-11-17(16)23(19)14-18(24)22-20(12-7-13-20)15-8-3-2-4-9-15/h2-6,8-11H,7,12-14H2,1H3,(H,22,24). The summed E-state index contributed by atoms with van der Waals surface area (Å²) in [6.07, 6.45) is 3.93. The first kappa shape index (κ1) is 17.7. The van der Waals surface area contributed by atoms with Gasteiger partial charge in [0.15, 0.2) is 0 Å². The summed E-state index contributed by atoms with van der Waals surface area (Å²) in [5.41, 5.74) is 1.92. The lowest BCUT2D eigenvalue weighted by molar-refractivity contribution is -0.125. The van der Waals surface area contributed by atoms with E-state index in [1.807, 2.05) is 36.4 Å². The van der Waals surface area contributed by atoms with Crippen molar-refractivity contribution in [3.05, 3.63) is 60.2 Å². The molecule has 1 fully saturated rings. The van der Waals surface area contributed by atoms with E-state index in [9.17, 15) is 13.2 Å². The zero-order chi connectivity index (χ0) is 19.1. The number of hydrogen-bond acceptors (Lipinski definition) is 4. The second-order valence-corrected chi connectivity index (χ2v) is 9.00. The highest BCUT2D eigenvalue weighted by atomic mass is 32.2. The summed E-state index contributed by atoms with van der Waals surface area (Å²) in [5.74, 6) is -0.216. The molecular weight excluding hydrogens is 362 g/mol. The van der Waals surface area contributed by atoms with Crippen molar-refractivity contribution in [2.24, 2.45) is 0 Å². The van der Waals surface area contributed by atoms with Crippen LogP contribution in [0.4, 0.5) is 0 Å². The predicted octanol–water partition coefficient (Wildman–Crippen LogP) is 2.64. The minimum Gasteiger partial charge on any atom is -0.345 e. The van der Waals surface area contributed by atoms with E-state index in [1.54, 1.807) is 18.2 Å². The van der Waals surface area contributed by atoms with Gasteiger partial charge in [-0.3, -0.25) is 4.79 Å². The smallest absolute Gasteiger partial charge is 0.240 e. The minimum atomic E-state index is -3.56. The number of hydrogen-bond donors (Lipinski definition) is 1. The van der Waals surface area contributed by atoms with Crippen LogP contribution in [0.1, 0.15) is 24.8 Å². The number of aromatic nitrogens is 2. The molecule has 0 unspecified atom stereocenters. The molecule has 6 nitrogen and oxygen atoms in total. The number of carbonyl (C=O) groups is 1. The van der Waals surface area contributed by atoms with E-state index in [2.05, 4.69) is 10.3 Å². The molecular formula is C20H21N3O3S. The molecule has 1 amide bonds. The number of nitrogens with one attached hydrogen (secondary N) is 1. The third-order valence-electron chi connectivity index (χ3n) is 5.17. The van der Waals surface area contributed by atoms with Crippen molar-refractivity contribution in [2.45, 2.75) is 36.5 Å². The lowest BCUT2D eigenvalue weighted by Crippen LogP contribution is -2.51. The molecule has 4 rings (SSSR count). The fraction of sp³-hybridized carbons (Fsp3) is 0.300. The molecule has 1 N–H and O–H groups in total. The molecule has 3 aromatic rings. The molecule has 1 saturated carbocycles. The highest BCUT2D eigenvalue weighted by Crippen LogP contribution is 2.41. The molecule has 0 atom stereocenters. The Morgan fingerprint density at radius 1 is 1.11 bits per heavy atom. The first-order valence-electron chi connectivity index (χ1n) is 8.91. The molecule has 1 aromatic heterocycles. The number of benzene rings is 2. The second-order valence-electron chi connectivity index (χ2n) is 7.09. The van der Waals surface area contributed by atoms with Crippen LogP contribution >= 0.6 is 0 Å². The van der Waals surface area contributed by atoms with E-state index < -0.39 is 9.84 Å². The van der Waals surface area contributed by atoms with E-state index in [1.165, 1.54) is 4.57 Å². The molecule has 7 heteroatoms. The van der Waals surface area contributed by atoms with Crippen LogP contribution in [0.5, 0.6) is 0 Å². The average molecular weight is 383 g/mol. The largest absolute Gasteiger partial charge is 0.345 e. The molecule has 27 heavy (non-hydrogen) atoms. The van der Waals surface area contributed by atoms with Crippen LogP contribution in [0.15, 0.2) is 59.8 Å². The van der Waals surface area contributed by atoms with Crippen LogP contribution in [0.2, 0.25) is 0 Å². The Balaban J connectivity index is 1.66. The van der Waals surface area contributed by atoms with Crippen molar-refractivity contribution in [1.29, 1.82) is 0 Å². The van der Waals surface area contributed by atoms with E-state index in [-0.39, 0.29) is 23.1 Å². The van der Waals surface area contributed by atoms with Gasteiger partial charge < -0.3 is 9.88 Å². The molecule has 140 valence electrons. The van der Waals surface area contributed by atoms with Gasteiger partial charge >= 0.3 is 0 Å². The number of para-hydroxylation sites is 2. The van der Waals surface area contributed by atoms with Crippen molar-refractivity contribution >= 4 is 26.8 Å². The molecule has 2 aromatic carbocycles. The number of nitrogens with zero attached hydrogens (tertiary/aromatic N) is 2. The Kier molecular flexibility index (Phi) is 4.26. The van der Waals surface area contributed by atoms with Crippen molar-refractivity contribution in [3.63, 3.8) is 0 Å². The first-order valence-corrected chi connectivity index (χ1v) is 10.8. The van der Waals surface area contributed by atoms with Gasteiger partial charge in [0.1, 0.15) is 6.54 Å². The maximum atomic E-state index is 12.9. The summed E-state index contributed by atoms with van der Waals surface area (Å²) in [4.78, 5) is 17.1. The third kappa shape index (κ3) is 3.23. The number of rotatable bonds is 5. The van der Waals surface area contributed by atoms with Crippen LogP contribution < -0.4 is 5.32 Å². The van der Waals surface area contributed by atoms with E-state index >= 15 is 0 Å². The Morgan fingerprint density at radius 2 is 1.78 bits per heavy atom. The van der Waals surface area contributed by atoms with Crippen LogP contribution in [-0.2, 0) is 26.7 Å². The maximum absolute atomic E-state index is 12.9. The highest BCUT2D eigenvalue weighted by molar-refractivity contribution is 7.90. The topological polar surface area (TPSA) is 81.1 Å². The molecule has 1 aliphatic carbocycles. The number of carbonyl (C=O) groups excluding carboxylic acids is 1. The minimum absolute atomic E-state index is 0.0822. The number of sulfone groups is 1. The predicted molar refractivity (Wildman–Crippen MR) is 103 cm³/mol. The first-order chi connectivity index (χ1) is 12.9. The fourth-order valence-electron chi connectivity index (χ4n) is 3.71. The molecule has 0 aliphatic heterocycles. The number of fused-ring (bicyclic) bond motifs is 1. The van der Waals surface area contributed by atoms with Crippen molar-refractivity contribution in [2.75, 3.05) is 6.26 Å². The van der Waals surface area contributed by atoms with Gasteiger partial charge in [-0.2, -0.15) is 0 Å². The van der Waals surface area contributed by atoms with Crippen LogP contribution in [0, 0.1) is 0 Å². The van der Waals surface area contributed by atoms with Crippen LogP contribution in [0.25, 0.3) is 11.0 Å². The van der Waals surface area contributed by atoms with Crippen LogP contribution in [-0.4, -0.2) is 30.1 Å². The summed E-state index contributed by atoms with van der Waals surface area (Å²) in [5, 5.41) is 3.06. The fourth-order valence-corrected chi connectivity index (χ4v) is 4.54. The van der Waals surface area contributed by atoms with Gasteiger partial charge in [-0.25, -0.2) is 13.4 Å². The summed E-state index contributed by atoms with van der Waals surface area (Å²) >= 11 is 0. The normalized spacial score (nSPS) is 16.0. The third-order valence-corrected chi connectivity index (χ3v) is 6.14. The van der Waals surface area contributed by atoms with Gasteiger partial charge in [0.05, 0.1) is 16.6 Å². The summed E-state index contributed by atoms with van der Waals surface area (Å²) in [6.45, 7) is -0.0858. The summed E-state index contributed by atoms with van der Waals surface area (Å²) in [6, 6.07) is 17.1. The zero-order valence-corrected chi connectivity index (χ0v) is 15.9. The van der Waals surface area contributed by atoms with Gasteiger partial charge in [0, 0.05) is 6.26 Å². The van der Waals surface area contributed by atoms with Gasteiger partial charge in [0.25, 0.3) is 0 Å². The Morgan fingerprint density at radius 3 is 2.41 bits per heavy atom. The highest BCUT2D eigenvalue weighted by Gasteiger charge is 2.40. The molecule has 1 heterocycles. The quantitative estimate of drug-likeness (QED) is 0.734. The summed E-state index contributed by atoms with van der Waals surface area (Å²) < 4.78 is 25.8. The molecule has 0 radical (unpaired) electrons. The van der Waals surface area contributed by atoms with Gasteiger partial charge in [0.2, 0.25) is 20.9 Å². The van der Waals surface area contributed by atoms with E-state index in [0.29, 0.717) is 11.0 Å². The van der Waals surface area contributed by atoms with E-state index in [0.717, 1.165) is 31.1 Å². The molecule has 0 saturated heterocycles. The SMILES string of the molecule is CS(=O)(=O)c1nc2ccccc2n1CC(=O)NC1(c2ccccc2)CCC1. The lowest BCUT2D eigenvalue weighted by atomic mass is 9.72. The Hall–Kier alpha value is -2.67. The number of amides is 1. The van der Waals surface area contributed by atoms with Crippen molar-refractivity contribution < 1.29 is 13.2 Å². The van der Waals surface area contributed by atoms with Crippen molar-refractivity contribution in [1.82, 2.24) is 14.9 Å². The van der Waals surface area contributed by atoms with Gasteiger partial charge in [-0.05, 0) is 37.0 Å². The summed E-state index contributed by atoms with van der Waals surface area (Å²) in [7, 11) is -3.56. The number of imidazole rings is 1. The Bertz CT molecular complexity index is 1100. The van der Waals surface area contributed by atoms with Crippen LogP contribution in [0.3, 0.4) is 0 Å². The second kappa shape index (κ2) is 6.49. The van der Waals surface area contributed by atoms with Crippen molar-refractivity contribution in [3.8, 4) is 0 Å². The van der Waals surface area contributed by atoms with Gasteiger partial charge in [-0.1, -0.05) is 42.5 Å². The molecule has 0 spiro atoms. The average Bonchev–Trinajstić information content (AvgIpc) is 2.98. The van der Waals surface area contributed by atoms with Gasteiger partial charge in [-0.15, -0.1) is 0 Å². The van der Waals surface area contributed by atoms with E-state index in [4.69, 9.17) is 0 Å².